The fourth-order valence-corrected chi connectivity index (χ4v) is 11.0. The fourth-order valence-electron chi connectivity index (χ4n) is 5.30. The summed E-state index contributed by atoms with van der Waals surface area (Å²) < 4.78 is 0. The third kappa shape index (κ3) is 4.93. The summed E-state index contributed by atoms with van der Waals surface area (Å²) in [6.07, 6.45) is 4.40. The number of hydrogen-bond donors (Lipinski definition) is 1. The van der Waals surface area contributed by atoms with E-state index in [1.165, 1.54) is 4.90 Å². The number of ketones is 1. The Hall–Kier alpha value is -2.64. The van der Waals surface area contributed by atoms with E-state index in [0.29, 0.717) is 31.3 Å². The summed E-state index contributed by atoms with van der Waals surface area (Å²) in [6.45, 7) is 0. The van der Waals surface area contributed by atoms with Crippen molar-refractivity contribution >= 4 is 88.4 Å². The topological polar surface area (TPSA) is 71.5 Å². The van der Waals surface area contributed by atoms with Crippen LogP contribution in [0.2, 0.25) is 0 Å². The van der Waals surface area contributed by atoms with Gasteiger partial charge in [-0.1, -0.05) is 86.1 Å². The molecule has 0 spiro atoms. The zero-order valence-electron chi connectivity index (χ0n) is 20.8. The molecule has 3 aromatic rings. The number of thiol groups is 1. The lowest BCUT2D eigenvalue weighted by atomic mass is 10.00. The average molecular weight is 590 g/mol. The minimum Gasteiger partial charge on any atom is -0.284 e. The standard InChI is InChI=1S/C30H24NO4PS3/c32-25(30(35)37)21-16-15-18(17-22(21)36(19-9-3-1-4-10-19)20-11-5-2-6-12-20)31-28(33)26-27(29(31)34)39-24-14-8-7-13-23(24)38-26/h1-6,9-12,15-17,23-24H,7-8,13-14H2,(H,35,37). The van der Waals surface area contributed by atoms with Crippen molar-refractivity contribution < 1.29 is 19.2 Å². The Morgan fingerprint density at radius 2 is 1.28 bits per heavy atom. The first kappa shape index (κ1) is 26.6. The predicted octanol–water partition coefficient (Wildman–Crippen LogP) is 4.96. The van der Waals surface area contributed by atoms with Gasteiger partial charge in [-0.25, -0.2) is 4.90 Å². The van der Waals surface area contributed by atoms with Crippen LogP contribution in [0.15, 0.2) is 88.7 Å². The van der Waals surface area contributed by atoms with E-state index in [4.69, 9.17) is 0 Å². The van der Waals surface area contributed by atoms with Crippen LogP contribution in [0.4, 0.5) is 5.69 Å². The first-order valence-corrected chi connectivity index (χ1v) is 16.3. The number of carbonyl (C=O) groups is 4. The van der Waals surface area contributed by atoms with Gasteiger partial charge in [-0.15, -0.1) is 23.5 Å². The molecule has 3 aromatic carbocycles. The van der Waals surface area contributed by atoms with Crippen molar-refractivity contribution in [2.24, 2.45) is 0 Å². The van der Waals surface area contributed by atoms with Crippen LogP contribution >= 0.6 is 44.1 Å². The van der Waals surface area contributed by atoms with Gasteiger partial charge in [0, 0.05) is 16.1 Å². The number of nitrogens with zero attached hydrogens (tertiary/aromatic N) is 1. The lowest BCUT2D eigenvalue weighted by Crippen LogP contribution is -2.33. The number of thioether (sulfide) groups is 2. The molecular weight excluding hydrogens is 566 g/mol. The van der Waals surface area contributed by atoms with E-state index in [2.05, 4.69) is 12.6 Å². The van der Waals surface area contributed by atoms with E-state index in [1.54, 1.807) is 41.7 Å². The van der Waals surface area contributed by atoms with E-state index >= 15 is 0 Å². The van der Waals surface area contributed by atoms with Crippen LogP contribution in [0.1, 0.15) is 36.0 Å². The number of hydrogen-bond acceptors (Lipinski definition) is 6. The smallest absolute Gasteiger partial charge is 0.273 e. The molecular formula is C30H24NO4PS3. The summed E-state index contributed by atoms with van der Waals surface area (Å²) in [7, 11) is -1.29. The normalized spacial score (nSPS) is 20.7. The molecule has 0 N–H and O–H groups in total. The highest BCUT2D eigenvalue weighted by Crippen LogP contribution is 2.52. The highest BCUT2D eigenvalue weighted by molar-refractivity contribution is 8.12. The van der Waals surface area contributed by atoms with Gasteiger partial charge >= 0.3 is 0 Å². The summed E-state index contributed by atoms with van der Waals surface area (Å²) in [4.78, 5) is 54.8. The second-order valence-electron chi connectivity index (χ2n) is 9.54. The number of amides is 2. The molecule has 3 aliphatic rings. The maximum Gasteiger partial charge on any atom is 0.273 e. The van der Waals surface area contributed by atoms with Crippen molar-refractivity contribution in [3.63, 3.8) is 0 Å². The second-order valence-corrected chi connectivity index (χ2v) is 14.6. The van der Waals surface area contributed by atoms with E-state index in [1.807, 2.05) is 60.7 Å². The van der Waals surface area contributed by atoms with Gasteiger partial charge in [0.2, 0.25) is 5.78 Å². The summed E-state index contributed by atoms with van der Waals surface area (Å²) in [5, 5.41) is 2.39. The molecule has 2 aliphatic heterocycles. The van der Waals surface area contributed by atoms with Gasteiger partial charge in [-0.2, -0.15) is 0 Å². The van der Waals surface area contributed by atoms with Gasteiger partial charge in [0.05, 0.1) is 15.5 Å². The highest BCUT2D eigenvalue weighted by Gasteiger charge is 2.47. The lowest BCUT2D eigenvalue weighted by molar-refractivity contribution is -0.120. The van der Waals surface area contributed by atoms with Crippen molar-refractivity contribution in [2.45, 2.75) is 36.2 Å². The number of anilines is 1. The Morgan fingerprint density at radius 3 is 1.77 bits per heavy atom. The molecule has 0 bridgehead atoms. The molecule has 2 atom stereocenters. The Labute approximate surface area is 242 Å². The van der Waals surface area contributed by atoms with Gasteiger partial charge in [0.1, 0.15) is 0 Å². The molecule has 2 amide bonds. The zero-order valence-corrected chi connectivity index (χ0v) is 24.2. The lowest BCUT2D eigenvalue weighted by Gasteiger charge is -2.33. The summed E-state index contributed by atoms with van der Waals surface area (Å²) in [6, 6.07) is 24.4. The van der Waals surface area contributed by atoms with Gasteiger partial charge in [0.25, 0.3) is 16.9 Å². The molecule has 9 heteroatoms. The van der Waals surface area contributed by atoms with Crippen LogP contribution in [0, 0.1) is 0 Å². The molecule has 196 valence electrons. The van der Waals surface area contributed by atoms with Gasteiger partial charge in [0.15, 0.2) is 0 Å². The predicted molar refractivity (Wildman–Crippen MR) is 164 cm³/mol. The quantitative estimate of drug-likeness (QED) is 0.144. The van der Waals surface area contributed by atoms with Gasteiger partial charge < -0.3 is 0 Å². The largest absolute Gasteiger partial charge is 0.284 e. The van der Waals surface area contributed by atoms with Crippen LogP contribution < -0.4 is 20.8 Å². The van der Waals surface area contributed by atoms with E-state index in [-0.39, 0.29) is 17.4 Å². The molecule has 2 unspecified atom stereocenters. The number of Topliss-reactive ketones (excluding diaryl/α,β-unsaturated/α-hetero) is 1. The Bertz CT molecular complexity index is 1450. The molecule has 0 radical (unpaired) electrons. The molecule has 6 rings (SSSR count). The van der Waals surface area contributed by atoms with Crippen molar-refractivity contribution in [3.05, 3.63) is 94.2 Å². The van der Waals surface area contributed by atoms with Crippen LogP contribution in [0.3, 0.4) is 0 Å². The molecule has 0 saturated heterocycles. The number of imide groups is 1. The van der Waals surface area contributed by atoms with Gasteiger partial charge in [-0.05, 0) is 54.9 Å². The first-order valence-electron chi connectivity index (χ1n) is 12.7. The average Bonchev–Trinajstić information content (AvgIpc) is 3.21. The minimum absolute atomic E-state index is 0.226. The number of rotatable bonds is 6. The molecule has 1 aliphatic carbocycles. The molecule has 1 saturated carbocycles. The minimum atomic E-state index is -1.29. The molecule has 39 heavy (non-hydrogen) atoms. The van der Waals surface area contributed by atoms with Crippen molar-refractivity contribution in [1.82, 2.24) is 0 Å². The van der Waals surface area contributed by atoms with Crippen LogP contribution in [0.5, 0.6) is 0 Å². The Morgan fingerprint density at radius 1 is 0.769 bits per heavy atom. The number of carbonyl (C=O) groups excluding carboxylic acids is 4. The summed E-state index contributed by atoms with van der Waals surface area (Å²) >= 11 is 6.93. The molecule has 1 fully saturated rings. The van der Waals surface area contributed by atoms with E-state index in [0.717, 1.165) is 36.3 Å². The van der Waals surface area contributed by atoms with Crippen molar-refractivity contribution in [2.75, 3.05) is 4.90 Å². The maximum absolute atomic E-state index is 13.7. The SMILES string of the molecule is O=C(S)C(=O)c1ccc(N2C(=O)C3=C(SC4CCCCC4S3)C2=O)cc1P(c1ccccc1)c1ccccc1. The number of benzene rings is 3. The van der Waals surface area contributed by atoms with E-state index in [9.17, 15) is 19.2 Å². The van der Waals surface area contributed by atoms with Crippen molar-refractivity contribution in [3.8, 4) is 0 Å². The first-order chi connectivity index (χ1) is 18.9. The third-order valence-electron chi connectivity index (χ3n) is 7.13. The fraction of sp³-hybridized carbons (Fsp3) is 0.200. The van der Waals surface area contributed by atoms with Gasteiger partial charge in [-0.3, -0.25) is 19.2 Å². The third-order valence-corrected chi connectivity index (χ3v) is 13.1. The van der Waals surface area contributed by atoms with E-state index < -0.39 is 18.8 Å². The Kier molecular flexibility index (Phi) is 7.56. The monoisotopic (exact) mass is 589 g/mol. The summed E-state index contributed by atoms with van der Waals surface area (Å²) in [5.41, 5.74) is 0.630. The number of fused-ring (bicyclic) bond motifs is 1. The van der Waals surface area contributed by atoms with Crippen LogP contribution in [-0.2, 0) is 14.4 Å². The highest BCUT2D eigenvalue weighted by atomic mass is 32.2. The Balaban J connectivity index is 1.47. The van der Waals surface area contributed by atoms with Crippen LogP contribution in [-0.4, -0.2) is 33.2 Å². The van der Waals surface area contributed by atoms with Crippen molar-refractivity contribution in [1.29, 1.82) is 0 Å². The maximum atomic E-state index is 13.7. The van der Waals surface area contributed by atoms with Crippen LogP contribution in [0.25, 0.3) is 0 Å². The second kappa shape index (κ2) is 11.1. The molecule has 5 nitrogen and oxygen atoms in total. The molecule has 0 aromatic heterocycles. The molecule has 2 heterocycles. The summed E-state index contributed by atoms with van der Waals surface area (Å²) in [5.74, 6) is -1.34. The zero-order chi connectivity index (χ0) is 27.1.